The molecule has 0 fully saturated rings. The second-order valence-corrected chi connectivity index (χ2v) is 6.16. The number of hydrogen-bond donors (Lipinski definition) is 0. The Hall–Kier alpha value is -1.93. The molecule has 0 unspecified atom stereocenters. The van der Waals surface area contributed by atoms with Crippen molar-refractivity contribution in [3.8, 4) is 0 Å². The van der Waals surface area contributed by atoms with Crippen LogP contribution in [0.5, 0.6) is 0 Å². The van der Waals surface area contributed by atoms with Gasteiger partial charge in [0, 0.05) is 26.6 Å². The van der Waals surface area contributed by atoms with Crippen LogP contribution in [0.1, 0.15) is 32.6 Å². The summed E-state index contributed by atoms with van der Waals surface area (Å²) >= 11 is 1.63. The Labute approximate surface area is 122 Å². The van der Waals surface area contributed by atoms with Gasteiger partial charge in [0.05, 0.1) is 0 Å². The summed E-state index contributed by atoms with van der Waals surface area (Å²) in [4.78, 5) is 12.9. The summed E-state index contributed by atoms with van der Waals surface area (Å²) in [5.41, 5.74) is 4.98. The lowest BCUT2D eigenvalue weighted by molar-refractivity contribution is 0.103. The molecule has 2 heteroatoms. The fourth-order valence-electron chi connectivity index (χ4n) is 2.83. The third-order valence-corrected chi connectivity index (χ3v) is 4.59. The number of carbonyl (C=O) groups is 1. The van der Waals surface area contributed by atoms with E-state index in [1.54, 1.807) is 11.3 Å². The molecule has 0 atom stereocenters. The van der Waals surface area contributed by atoms with Crippen LogP contribution in [0.3, 0.4) is 0 Å². The zero-order chi connectivity index (χ0) is 14.3. The Morgan fingerprint density at radius 2 is 1.65 bits per heavy atom. The van der Waals surface area contributed by atoms with Crippen molar-refractivity contribution in [1.29, 1.82) is 0 Å². The van der Waals surface area contributed by atoms with Crippen molar-refractivity contribution in [3.63, 3.8) is 0 Å². The van der Waals surface area contributed by atoms with Crippen LogP contribution in [0.4, 0.5) is 0 Å². The molecule has 0 bridgehead atoms. The van der Waals surface area contributed by atoms with E-state index in [1.807, 2.05) is 37.4 Å². The van der Waals surface area contributed by atoms with Crippen LogP contribution >= 0.6 is 11.3 Å². The van der Waals surface area contributed by atoms with Gasteiger partial charge in [-0.1, -0.05) is 35.9 Å². The monoisotopic (exact) mass is 280 g/mol. The van der Waals surface area contributed by atoms with Gasteiger partial charge in [-0.2, -0.15) is 0 Å². The summed E-state index contributed by atoms with van der Waals surface area (Å²) in [6, 6.07) is 12.2. The van der Waals surface area contributed by atoms with Crippen LogP contribution in [-0.2, 0) is 0 Å². The molecule has 0 spiro atoms. The van der Waals surface area contributed by atoms with Crippen LogP contribution in [0, 0.1) is 20.8 Å². The fourth-order valence-corrected chi connectivity index (χ4v) is 3.77. The van der Waals surface area contributed by atoms with Gasteiger partial charge in [-0.05, 0) is 38.0 Å². The highest BCUT2D eigenvalue weighted by Gasteiger charge is 2.18. The number of aryl methyl sites for hydroxylation is 3. The van der Waals surface area contributed by atoms with Crippen molar-refractivity contribution in [3.05, 3.63) is 69.6 Å². The van der Waals surface area contributed by atoms with E-state index in [2.05, 4.69) is 25.1 Å². The van der Waals surface area contributed by atoms with Gasteiger partial charge < -0.3 is 0 Å². The highest BCUT2D eigenvalue weighted by atomic mass is 32.1. The minimum absolute atomic E-state index is 0.137. The maximum atomic E-state index is 12.9. The number of fused-ring (bicyclic) bond motifs is 1. The SMILES string of the molecule is Cc1cc(C)c(C(=O)c2csc3ccccc23)c(C)c1. The van der Waals surface area contributed by atoms with Gasteiger partial charge in [0.25, 0.3) is 0 Å². The van der Waals surface area contributed by atoms with Crippen LogP contribution in [0.15, 0.2) is 41.8 Å². The Balaban J connectivity index is 2.19. The first-order chi connectivity index (χ1) is 9.58. The first-order valence-electron chi connectivity index (χ1n) is 6.66. The summed E-state index contributed by atoms with van der Waals surface area (Å²) in [6.45, 7) is 6.10. The predicted molar refractivity (Wildman–Crippen MR) is 85.9 cm³/mol. The number of thiophene rings is 1. The average molecular weight is 280 g/mol. The van der Waals surface area contributed by atoms with Crippen molar-refractivity contribution < 1.29 is 4.79 Å². The minimum atomic E-state index is 0.137. The third-order valence-electron chi connectivity index (χ3n) is 3.63. The largest absolute Gasteiger partial charge is 0.289 e. The van der Waals surface area contributed by atoms with E-state index in [0.717, 1.165) is 27.6 Å². The van der Waals surface area contributed by atoms with Crippen LogP contribution < -0.4 is 0 Å². The Morgan fingerprint density at radius 3 is 2.35 bits per heavy atom. The average Bonchev–Trinajstić information content (AvgIpc) is 2.81. The summed E-state index contributed by atoms with van der Waals surface area (Å²) in [7, 11) is 0. The van der Waals surface area contributed by atoms with Gasteiger partial charge in [0.1, 0.15) is 0 Å². The van der Waals surface area contributed by atoms with E-state index in [4.69, 9.17) is 0 Å². The van der Waals surface area contributed by atoms with Gasteiger partial charge in [-0.3, -0.25) is 4.79 Å². The maximum absolute atomic E-state index is 12.9. The fraction of sp³-hybridized carbons (Fsp3) is 0.167. The molecule has 0 aliphatic rings. The third kappa shape index (κ3) is 2.06. The molecule has 0 amide bonds. The zero-order valence-electron chi connectivity index (χ0n) is 11.9. The van der Waals surface area contributed by atoms with Gasteiger partial charge in [0.2, 0.25) is 0 Å². The highest BCUT2D eigenvalue weighted by molar-refractivity contribution is 7.17. The molecule has 0 aliphatic heterocycles. The smallest absolute Gasteiger partial charge is 0.195 e. The molecule has 3 rings (SSSR count). The second-order valence-electron chi connectivity index (χ2n) is 5.25. The van der Waals surface area contributed by atoms with Gasteiger partial charge in [-0.15, -0.1) is 11.3 Å². The van der Waals surface area contributed by atoms with Crippen LogP contribution in [-0.4, -0.2) is 5.78 Å². The number of rotatable bonds is 2. The van der Waals surface area contributed by atoms with Gasteiger partial charge >= 0.3 is 0 Å². The first-order valence-corrected chi connectivity index (χ1v) is 7.54. The molecule has 20 heavy (non-hydrogen) atoms. The van der Waals surface area contributed by atoms with Crippen LogP contribution in [0.2, 0.25) is 0 Å². The van der Waals surface area contributed by atoms with E-state index in [0.29, 0.717) is 0 Å². The lowest BCUT2D eigenvalue weighted by Gasteiger charge is -2.10. The summed E-state index contributed by atoms with van der Waals surface area (Å²) in [5.74, 6) is 0.137. The van der Waals surface area contributed by atoms with Crippen molar-refractivity contribution in [2.75, 3.05) is 0 Å². The van der Waals surface area contributed by atoms with E-state index < -0.39 is 0 Å². The molecule has 0 aliphatic carbocycles. The van der Waals surface area contributed by atoms with Crippen molar-refractivity contribution in [2.24, 2.45) is 0 Å². The maximum Gasteiger partial charge on any atom is 0.195 e. The topological polar surface area (TPSA) is 17.1 Å². The van der Waals surface area contributed by atoms with E-state index in [9.17, 15) is 4.79 Å². The summed E-state index contributed by atoms with van der Waals surface area (Å²) in [6.07, 6.45) is 0. The molecule has 100 valence electrons. The van der Waals surface area contributed by atoms with Crippen molar-refractivity contribution >= 4 is 27.2 Å². The second kappa shape index (κ2) is 4.88. The molecular weight excluding hydrogens is 264 g/mol. The molecule has 1 heterocycles. The molecule has 0 saturated heterocycles. The van der Waals surface area contributed by atoms with Crippen molar-refractivity contribution in [1.82, 2.24) is 0 Å². The van der Waals surface area contributed by atoms with E-state index in [1.165, 1.54) is 10.3 Å². The summed E-state index contributed by atoms with van der Waals surface area (Å²) < 4.78 is 1.17. The van der Waals surface area contributed by atoms with E-state index >= 15 is 0 Å². The molecule has 1 aromatic heterocycles. The van der Waals surface area contributed by atoms with Crippen molar-refractivity contribution in [2.45, 2.75) is 20.8 Å². The standard InChI is InChI=1S/C18H16OS/c1-11-8-12(2)17(13(3)9-11)18(19)15-10-20-16-7-5-4-6-14(15)16/h4-10H,1-3H3. The minimum Gasteiger partial charge on any atom is -0.289 e. The number of ketones is 1. The zero-order valence-corrected chi connectivity index (χ0v) is 12.7. The summed E-state index contributed by atoms with van der Waals surface area (Å²) in [5, 5.41) is 3.04. The molecule has 3 aromatic rings. The Kier molecular flexibility index (Phi) is 3.19. The molecular formula is C18H16OS. The van der Waals surface area contributed by atoms with E-state index in [-0.39, 0.29) is 5.78 Å². The Bertz CT molecular complexity index is 788. The molecule has 0 radical (unpaired) electrons. The molecule has 0 N–H and O–H groups in total. The number of benzene rings is 2. The molecule has 2 aromatic carbocycles. The van der Waals surface area contributed by atoms with Gasteiger partial charge in [0.15, 0.2) is 5.78 Å². The predicted octanol–water partition coefficient (Wildman–Crippen LogP) is 5.06. The molecule has 0 saturated carbocycles. The quantitative estimate of drug-likeness (QED) is 0.600. The van der Waals surface area contributed by atoms with Crippen LogP contribution in [0.25, 0.3) is 10.1 Å². The number of carbonyl (C=O) groups excluding carboxylic acids is 1. The number of hydrogen-bond acceptors (Lipinski definition) is 2. The molecule has 1 nitrogen and oxygen atoms in total. The van der Waals surface area contributed by atoms with Gasteiger partial charge in [-0.25, -0.2) is 0 Å². The highest BCUT2D eigenvalue weighted by Crippen LogP contribution is 2.29. The Morgan fingerprint density at radius 1 is 1.00 bits per heavy atom. The normalized spacial score (nSPS) is 10.9. The lowest BCUT2D eigenvalue weighted by Crippen LogP contribution is -2.06. The first kappa shape index (κ1) is 13.1. The lowest BCUT2D eigenvalue weighted by atomic mass is 9.93.